The standard InChI is InChI=1S/C18H31N3/c1-5-19-18(16-8-6-15(2)7-9-16)11-13-21-12-10-17(14-21)20(3)4/h6-9,17-19H,5,10-14H2,1-4H3. The number of likely N-dealkylation sites (tertiary alicyclic amines) is 1. The molecule has 2 atom stereocenters. The number of nitrogens with zero attached hydrogens (tertiary/aromatic N) is 2. The summed E-state index contributed by atoms with van der Waals surface area (Å²) in [5.41, 5.74) is 2.76. The van der Waals surface area contributed by atoms with Gasteiger partial charge in [0.2, 0.25) is 0 Å². The first-order valence-corrected chi connectivity index (χ1v) is 8.29. The van der Waals surface area contributed by atoms with Gasteiger partial charge >= 0.3 is 0 Å². The zero-order valence-electron chi connectivity index (χ0n) is 14.1. The third-order valence-corrected chi connectivity index (χ3v) is 4.64. The lowest BCUT2D eigenvalue weighted by Crippen LogP contribution is -2.33. The lowest BCUT2D eigenvalue weighted by Gasteiger charge is -2.24. The summed E-state index contributed by atoms with van der Waals surface area (Å²) in [7, 11) is 4.39. The molecule has 2 rings (SSSR count). The van der Waals surface area contributed by atoms with E-state index >= 15 is 0 Å². The van der Waals surface area contributed by atoms with E-state index in [0.29, 0.717) is 6.04 Å². The van der Waals surface area contributed by atoms with Gasteiger partial charge < -0.3 is 15.1 Å². The monoisotopic (exact) mass is 289 g/mol. The second-order valence-electron chi connectivity index (χ2n) is 6.52. The zero-order valence-corrected chi connectivity index (χ0v) is 14.1. The van der Waals surface area contributed by atoms with Crippen LogP contribution in [-0.2, 0) is 0 Å². The molecule has 0 spiro atoms. The number of nitrogens with one attached hydrogen (secondary N) is 1. The molecule has 1 aliphatic rings. The lowest BCUT2D eigenvalue weighted by atomic mass is 10.0. The molecule has 1 saturated heterocycles. The Morgan fingerprint density at radius 3 is 2.57 bits per heavy atom. The Morgan fingerprint density at radius 1 is 1.29 bits per heavy atom. The van der Waals surface area contributed by atoms with E-state index < -0.39 is 0 Å². The minimum absolute atomic E-state index is 0.481. The average Bonchev–Trinajstić information content (AvgIpc) is 2.93. The van der Waals surface area contributed by atoms with Gasteiger partial charge in [-0.3, -0.25) is 0 Å². The van der Waals surface area contributed by atoms with E-state index in [1.807, 2.05) is 0 Å². The van der Waals surface area contributed by atoms with Crippen LogP contribution in [0.3, 0.4) is 0 Å². The van der Waals surface area contributed by atoms with Crippen molar-refractivity contribution in [2.45, 2.75) is 38.8 Å². The number of hydrogen-bond donors (Lipinski definition) is 1. The first-order chi connectivity index (χ1) is 10.1. The van der Waals surface area contributed by atoms with E-state index in [-0.39, 0.29) is 0 Å². The number of rotatable bonds is 7. The molecule has 118 valence electrons. The van der Waals surface area contributed by atoms with Crippen LogP contribution in [0.4, 0.5) is 0 Å². The van der Waals surface area contributed by atoms with Gasteiger partial charge in [-0.05, 0) is 52.5 Å². The molecule has 0 aliphatic carbocycles. The highest BCUT2D eigenvalue weighted by molar-refractivity contribution is 5.24. The molecule has 3 nitrogen and oxygen atoms in total. The first kappa shape index (κ1) is 16.5. The van der Waals surface area contributed by atoms with Gasteiger partial charge in [0.05, 0.1) is 0 Å². The summed E-state index contributed by atoms with van der Waals surface area (Å²) in [4.78, 5) is 4.98. The quantitative estimate of drug-likeness (QED) is 0.832. The minimum atomic E-state index is 0.481. The van der Waals surface area contributed by atoms with Gasteiger partial charge in [0.15, 0.2) is 0 Å². The zero-order chi connectivity index (χ0) is 15.2. The molecule has 1 aromatic carbocycles. The highest BCUT2D eigenvalue weighted by Gasteiger charge is 2.24. The van der Waals surface area contributed by atoms with Crippen LogP contribution in [0.15, 0.2) is 24.3 Å². The molecule has 1 fully saturated rings. The fraction of sp³-hybridized carbons (Fsp3) is 0.667. The maximum Gasteiger partial charge on any atom is 0.0332 e. The summed E-state index contributed by atoms with van der Waals surface area (Å²) >= 11 is 0. The second-order valence-corrected chi connectivity index (χ2v) is 6.52. The van der Waals surface area contributed by atoms with Gasteiger partial charge in [0.1, 0.15) is 0 Å². The molecule has 0 saturated carbocycles. The number of hydrogen-bond acceptors (Lipinski definition) is 3. The molecule has 0 bridgehead atoms. The Balaban J connectivity index is 1.87. The van der Waals surface area contributed by atoms with Crippen LogP contribution in [0.25, 0.3) is 0 Å². The normalized spacial score (nSPS) is 21.1. The topological polar surface area (TPSA) is 18.5 Å². The molecule has 3 heteroatoms. The van der Waals surface area contributed by atoms with Crippen LogP contribution in [0.5, 0.6) is 0 Å². The van der Waals surface area contributed by atoms with E-state index in [2.05, 4.69) is 67.3 Å². The molecular weight excluding hydrogens is 258 g/mol. The molecule has 1 aromatic rings. The fourth-order valence-electron chi connectivity index (χ4n) is 3.18. The molecule has 1 heterocycles. The first-order valence-electron chi connectivity index (χ1n) is 8.29. The molecule has 1 N–H and O–H groups in total. The van der Waals surface area contributed by atoms with Crippen LogP contribution in [0.2, 0.25) is 0 Å². The van der Waals surface area contributed by atoms with Crippen LogP contribution in [-0.4, -0.2) is 56.1 Å². The Labute approximate surface area is 130 Å². The molecule has 1 aliphatic heterocycles. The predicted molar refractivity (Wildman–Crippen MR) is 90.7 cm³/mol. The SMILES string of the molecule is CCNC(CCN1CCC(N(C)C)C1)c1ccc(C)cc1. The maximum absolute atomic E-state index is 3.64. The van der Waals surface area contributed by atoms with Crippen molar-refractivity contribution in [2.75, 3.05) is 40.3 Å². The fourth-order valence-corrected chi connectivity index (χ4v) is 3.18. The molecule has 0 radical (unpaired) electrons. The van der Waals surface area contributed by atoms with Crippen molar-refractivity contribution in [1.29, 1.82) is 0 Å². The second kappa shape index (κ2) is 7.92. The maximum atomic E-state index is 3.64. The van der Waals surface area contributed by atoms with Gasteiger partial charge in [-0.2, -0.15) is 0 Å². The van der Waals surface area contributed by atoms with Crippen molar-refractivity contribution in [3.63, 3.8) is 0 Å². The third kappa shape index (κ3) is 4.80. The summed E-state index contributed by atoms with van der Waals surface area (Å²) in [6.45, 7) is 9.03. The van der Waals surface area contributed by atoms with Crippen LogP contribution in [0.1, 0.15) is 36.9 Å². The van der Waals surface area contributed by atoms with Crippen molar-refractivity contribution in [2.24, 2.45) is 0 Å². The van der Waals surface area contributed by atoms with E-state index in [1.165, 1.54) is 43.6 Å². The summed E-state index contributed by atoms with van der Waals surface area (Å²) < 4.78 is 0. The highest BCUT2D eigenvalue weighted by Crippen LogP contribution is 2.20. The van der Waals surface area contributed by atoms with Gasteiger partial charge in [-0.1, -0.05) is 36.8 Å². The molecular formula is C18H31N3. The Kier molecular flexibility index (Phi) is 6.22. The smallest absolute Gasteiger partial charge is 0.0332 e. The summed E-state index contributed by atoms with van der Waals surface area (Å²) in [6, 6.07) is 10.2. The number of likely N-dealkylation sites (N-methyl/N-ethyl adjacent to an activating group) is 1. The van der Waals surface area contributed by atoms with Crippen molar-refractivity contribution >= 4 is 0 Å². The van der Waals surface area contributed by atoms with Gasteiger partial charge in [-0.15, -0.1) is 0 Å². The highest BCUT2D eigenvalue weighted by atomic mass is 15.2. The molecule has 2 unspecified atom stereocenters. The summed E-state index contributed by atoms with van der Waals surface area (Å²) in [5, 5.41) is 3.64. The average molecular weight is 289 g/mol. The van der Waals surface area contributed by atoms with E-state index in [9.17, 15) is 0 Å². The van der Waals surface area contributed by atoms with E-state index in [1.54, 1.807) is 0 Å². The van der Waals surface area contributed by atoms with Crippen molar-refractivity contribution in [3.8, 4) is 0 Å². The Bertz CT molecular complexity index is 413. The number of aryl methyl sites for hydroxylation is 1. The van der Waals surface area contributed by atoms with Crippen molar-refractivity contribution in [1.82, 2.24) is 15.1 Å². The summed E-state index contributed by atoms with van der Waals surface area (Å²) in [5.74, 6) is 0. The van der Waals surface area contributed by atoms with Crippen LogP contribution >= 0.6 is 0 Å². The third-order valence-electron chi connectivity index (χ3n) is 4.64. The molecule has 0 aromatic heterocycles. The van der Waals surface area contributed by atoms with Crippen molar-refractivity contribution in [3.05, 3.63) is 35.4 Å². The lowest BCUT2D eigenvalue weighted by molar-refractivity contribution is 0.260. The van der Waals surface area contributed by atoms with Crippen molar-refractivity contribution < 1.29 is 0 Å². The van der Waals surface area contributed by atoms with Gasteiger partial charge in [0.25, 0.3) is 0 Å². The Hall–Kier alpha value is -0.900. The molecule has 0 amide bonds. The van der Waals surface area contributed by atoms with Gasteiger partial charge in [-0.25, -0.2) is 0 Å². The molecule has 21 heavy (non-hydrogen) atoms. The van der Waals surface area contributed by atoms with E-state index in [0.717, 1.165) is 12.6 Å². The number of benzene rings is 1. The van der Waals surface area contributed by atoms with Crippen LogP contribution in [0, 0.1) is 6.92 Å². The van der Waals surface area contributed by atoms with Gasteiger partial charge in [0, 0.05) is 25.2 Å². The van der Waals surface area contributed by atoms with E-state index in [4.69, 9.17) is 0 Å². The largest absolute Gasteiger partial charge is 0.310 e. The van der Waals surface area contributed by atoms with Crippen LogP contribution < -0.4 is 5.32 Å². The summed E-state index contributed by atoms with van der Waals surface area (Å²) in [6.07, 6.45) is 2.50. The Morgan fingerprint density at radius 2 is 2.00 bits per heavy atom. The predicted octanol–water partition coefficient (Wildman–Crippen LogP) is 2.67. The minimum Gasteiger partial charge on any atom is -0.310 e.